The van der Waals surface area contributed by atoms with Crippen molar-refractivity contribution in [2.45, 2.75) is 0 Å². The van der Waals surface area contributed by atoms with Gasteiger partial charge >= 0.3 is 5.97 Å². The lowest BCUT2D eigenvalue weighted by Gasteiger charge is -1.97. The summed E-state index contributed by atoms with van der Waals surface area (Å²) in [6.45, 7) is 0. The van der Waals surface area contributed by atoms with Crippen LogP contribution in [0, 0.1) is 0 Å². The summed E-state index contributed by atoms with van der Waals surface area (Å²) in [4.78, 5) is 10.6. The van der Waals surface area contributed by atoms with Crippen LogP contribution in [0.2, 0.25) is 0 Å². The zero-order valence-electron chi connectivity index (χ0n) is 5.42. The highest BCUT2D eigenvalue weighted by molar-refractivity contribution is 8.02. The van der Waals surface area contributed by atoms with Gasteiger partial charge in [-0.3, -0.25) is 0 Å². The van der Waals surface area contributed by atoms with Crippen LogP contribution in [0.25, 0.3) is 0 Å². The largest absolute Gasteiger partial charge is 0.464 e. The Morgan fingerprint density at radius 2 is 2.60 bits per heavy atom. The van der Waals surface area contributed by atoms with E-state index in [0.717, 1.165) is 5.88 Å². The molecular formula is C5H8ClNO2S. The molecule has 0 radical (unpaired) electrons. The first-order valence-electron chi connectivity index (χ1n) is 2.48. The zero-order chi connectivity index (χ0) is 6.69. The first-order chi connectivity index (χ1) is 4.34. The number of hydrogen-bond donors (Lipinski definition) is 1. The standard InChI is InChI=1S/C5H7NO2S.ClH/c1-8-5(7)4-2-9-3-6-4;/h2,6H,3H2,1H3;1H. The molecule has 1 aliphatic heterocycles. The van der Waals surface area contributed by atoms with Gasteiger partial charge in [-0.15, -0.1) is 24.2 Å². The average Bonchev–Trinajstić information content (AvgIpc) is 2.37. The monoisotopic (exact) mass is 181 g/mol. The molecule has 1 heterocycles. The molecule has 0 fully saturated rings. The summed E-state index contributed by atoms with van der Waals surface area (Å²) < 4.78 is 4.45. The van der Waals surface area contributed by atoms with Gasteiger partial charge in [0.25, 0.3) is 0 Å². The molecule has 1 aliphatic rings. The summed E-state index contributed by atoms with van der Waals surface area (Å²) in [6.07, 6.45) is 0. The molecule has 0 aliphatic carbocycles. The van der Waals surface area contributed by atoms with E-state index in [9.17, 15) is 4.79 Å². The van der Waals surface area contributed by atoms with Gasteiger partial charge in [-0.25, -0.2) is 4.79 Å². The molecule has 0 saturated carbocycles. The Hall–Kier alpha value is -0.350. The first-order valence-corrected chi connectivity index (χ1v) is 3.53. The first kappa shape index (κ1) is 9.65. The van der Waals surface area contributed by atoms with Crippen molar-refractivity contribution >= 4 is 30.1 Å². The Bertz CT molecular complexity index is 160. The molecule has 5 heteroatoms. The minimum Gasteiger partial charge on any atom is -0.464 e. The summed E-state index contributed by atoms with van der Waals surface area (Å²) in [5, 5.41) is 4.61. The van der Waals surface area contributed by atoms with Gasteiger partial charge in [0, 0.05) is 5.41 Å². The van der Waals surface area contributed by atoms with E-state index in [-0.39, 0.29) is 18.4 Å². The summed E-state index contributed by atoms with van der Waals surface area (Å²) in [7, 11) is 1.37. The van der Waals surface area contributed by atoms with Crippen molar-refractivity contribution in [1.29, 1.82) is 0 Å². The molecule has 0 spiro atoms. The molecule has 0 aromatic heterocycles. The third-order valence-electron chi connectivity index (χ3n) is 0.952. The summed E-state index contributed by atoms with van der Waals surface area (Å²) in [5.74, 6) is 0.477. The number of methoxy groups -OCH3 is 1. The Balaban J connectivity index is 0.000000810. The van der Waals surface area contributed by atoms with Crippen LogP contribution in [0.15, 0.2) is 11.1 Å². The van der Waals surface area contributed by atoms with Gasteiger partial charge in [-0.1, -0.05) is 0 Å². The van der Waals surface area contributed by atoms with Crippen LogP contribution in [-0.2, 0) is 9.53 Å². The Morgan fingerprint density at radius 3 is 3.00 bits per heavy atom. The quantitative estimate of drug-likeness (QED) is 0.605. The molecular weight excluding hydrogens is 174 g/mol. The third-order valence-corrected chi connectivity index (χ3v) is 1.67. The van der Waals surface area contributed by atoms with E-state index in [0.29, 0.717) is 5.70 Å². The summed E-state index contributed by atoms with van der Waals surface area (Å²) in [5.41, 5.74) is 0.558. The number of ether oxygens (including phenoxy) is 1. The van der Waals surface area contributed by atoms with Crippen LogP contribution in [0.5, 0.6) is 0 Å². The van der Waals surface area contributed by atoms with Gasteiger partial charge in [0.2, 0.25) is 0 Å². The molecule has 1 rings (SSSR count). The van der Waals surface area contributed by atoms with Gasteiger partial charge in [0.05, 0.1) is 13.0 Å². The number of nitrogens with one attached hydrogen (secondary N) is 1. The Kier molecular flexibility index (Phi) is 4.31. The fourth-order valence-electron chi connectivity index (χ4n) is 0.516. The number of hydrogen-bond acceptors (Lipinski definition) is 4. The third kappa shape index (κ3) is 2.11. The maximum atomic E-state index is 10.6. The summed E-state index contributed by atoms with van der Waals surface area (Å²) in [6, 6.07) is 0. The normalized spacial score (nSPS) is 14.7. The zero-order valence-corrected chi connectivity index (χ0v) is 7.05. The van der Waals surface area contributed by atoms with Crippen molar-refractivity contribution in [3.63, 3.8) is 0 Å². The fraction of sp³-hybridized carbons (Fsp3) is 0.400. The molecule has 0 atom stereocenters. The number of halogens is 1. The van der Waals surface area contributed by atoms with Crippen LogP contribution in [0.1, 0.15) is 0 Å². The van der Waals surface area contributed by atoms with Gasteiger partial charge < -0.3 is 10.1 Å². The minimum atomic E-state index is -0.292. The van der Waals surface area contributed by atoms with Crippen molar-refractivity contribution in [3.05, 3.63) is 11.1 Å². The number of esters is 1. The van der Waals surface area contributed by atoms with Gasteiger partial charge in [-0.05, 0) is 0 Å². The second-order valence-corrected chi connectivity index (χ2v) is 2.37. The van der Waals surface area contributed by atoms with Gasteiger partial charge in [0.15, 0.2) is 0 Å². The topological polar surface area (TPSA) is 38.3 Å². The van der Waals surface area contributed by atoms with Crippen LogP contribution in [-0.4, -0.2) is 19.0 Å². The molecule has 0 saturated heterocycles. The predicted octanol–water partition coefficient (Wildman–Crippen LogP) is 0.716. The van der Waals surface area contributed by atoms with E-state index in [1.165, 1.54) is 7.11 Å². The number of thioether (sulfide) groups is 1. The number of carbonyl (C=O) groups is 1. The molecule has 3 nitrogen and oxygen atoms in total. The predicted molar refractivity (Wildman–Crippen MR) is 42.9 cm³/mol. The molecule has 10 heavy (non-hydrogen) atoms. The lowest BCUT2D eigenvalue weighted by molar-refractivity contribution is -0.136. The maximum Gasteiger partial charge on any atom is 0.354 e. The van der Waals surface area contributed by atoms with Gasteiger partial charge in [-0.2, -0.15) is 0 Å². The van der Waals surface area contributed by atoms with Gasteiger partial charge in [0.1, 0.15) is 5.70 Å². The molecule has 0 amide bonds. The van der Waals surface area contributed by atoms with Crippen molar-refractivity contribution < 1.29 is 9.53 Å². The van der Waals surface area contributed by atoms with Crippen LogP contribution < -0.4 is 5.32 Å². The van der Waals surface area contributed by atoms with Crippen LogP contribution in [0.4, 0.5) is 0 Å². The highest BCUT2D eigenvalue weighted by Gasteiger charge is 2.11. The molecule has 0 aromatic carbocycles. The van der Waals surface area contributed by atoms with Crippen LogP contribution in [0.3, 0.4) is 0 Å². The second-order valence-electron chi connectivity index (χ2n) is 1.51. The smallest absolute Gasteiger partial charge is 0.354 e. The van der Waals surface area contributed by atoms with Crippen molar-refractivity contribution in [2.75, 3.05) is 13.0 Å². The fourth-order valence-corrected chi connectivity index (χ4v) is 1.18. The van der Waals surface area contributed by atoms with E-state index >= 15 is 0 Å². The molecule has 1 N–H and O–H groups in total. The molecule has 0 bridgehead atoms. The molecule has 0 unspecified atom stereocenters. The van der Waals surface area contributed by atoms with Crippen LogP contribution >= 0.6 is 24.2 Å². The molecule has 0 aromatic rings. The van der Waals surface area contributed by atoms with E-state index < -0.39 is 0 Å². The Labute approximate surface area is 69.6 Å². The highest BCUT2D eigenvalue weighted by atomic mass is 35.5. The molecule has 58 valence electrons. The number of carbonyl (C=O) groups excluding carboxylic acids is 1. The highest BCUT2D eigenvalue weighted by Crippen LogP contribution is 2.12. The lowest BCUT2D eigenvalue weighted by Crippen LogP contribution is -2.16. The minimum absolute atomic E-state index is 0. The number of rotatable bonds is 1. The SMILES string of the molecule is COC(=O)C1=CSCN1.Cl. The van der Waals surface area contributed by atoms with Crippen molar-refractivity contribution in [3.8, 4) is 0 Å². The van der Waals surface area contributed by atoms with E-state index in [1.54, 1.807) is 17.2 Å². The van der Waals surface area contributed by atoms with E-state index in [4.69, 9.17) is 0 Å². The summed E-state index contributed by atoms with van der Waals surface area (Å²) >= 11 is 1.55. The Morgan fingerprint density at radius 1 is 1.90 bits per heavy atom. The lowest BCUT2D eigenvalue weighted by atomic mass is 10.5. The maximum absolute atomic E-state index is 10.6. The average molecular weight is 182 g/mol. The van der Waals surface area contributed by atoms with E-state index in [2.05, 4.69) is 10.1 Å². The van der Waals surface area contributed by atoms with Crippen molar-refractivity contribution in [2.24, 2.45) is 0 Å². The van der Waals surface area contributed by atoms with Crippen molar-refractivity contribution in [1.82, 2.24) is 5.32 Å². The van der Waals surface area contributed by atoms with E-state index in [1.807, 2.05) is 0 Å². The second kappa shape index (κ2) is 4.46.